The van der Waals surface area contributed by atoms with Gasteiger partial charge >= 0.3 is 6.18 Å². The second kappa shape index (κ2) is 12.1. The van der Waals surface area contributed by atoms with Gasteiger partial charge < -0.3 is 24.8 Å². The molecular formula is C17H25F3IN3O3. The summed E-state index contributed by atoms with van der Waals surface area (Å²) in [5.74, 6) is 2.13. The molecule has 1 aromatic rings. The van der Waals surface area contributed by atoms with Crippen molar-refractivity contribution in [1.82, 2.24) is 10.6 Å². The van der Waals surface area contributed by atoms with Gasteiger partial charge in [0.05, 0.1) is 0 Å². The molecule has 1 aliphatic rings. The topological polar surface area (TPSA) is 64.1 Å². The Hall–Kier alpha value is -1.43. The summed E-state index contributed by atoms with van der Waals surface area (Å²) in [6, 6.07) is 5.82. The molecule has 6 nitrogen and oxygen atoms in total. The molecule has 1 aliphatic heterocycles. The molecule has 27 heavy (non-hydrogen) atoms. The van der Waals surface area contributed by atoms with E-state index in [1.54, 1.807) is 0 Å². The van der Waals surface area contributed by atoms with Gasteiger partial charge in [-0.1, -0.05) is 6.07 Å². The van der Waals surface area contributed by atoms with Crippen LogP contribution < -0.4 is 20.1 Å². The molecule has 1 heterocycles. The van der Waals surface area contributed by atoms with Crippen LogP contribution in [-0.4, -0.2) is 51.8 Å². The summed E-state index contributed by atoms with van der Waals surface area (Å²) < 4.78 is 51.1. The molecule has 1 aromatic carbocycles. The smallest absolute Gasteiger partial charge is 0.411 e. The number of nitrogens with one attached hydrogen (secondary N) is 2. The number of hydrogen-bond acceptors (Lipinski definition) is 4. The zero-order valence-corrected chi connectivity index (χ0v) is 17.4. The molecule has 2 rings (SSSR count). The fourth-order valence-corrected chi connectivity index (χ4v) is 2.31. The number of alkyl halides is 3. The van der Waals surface area contributed by atoms with Crippen LogP contribution in [0.2, 0.25) is 0 Å². The number of fused-ring (bicyclic) bond motifs is 1. The van der Waals surface area contributed by atoms with E-state index in [-0.39, 0.29) is 37.4 Å². The van der Waals surface area contributed by atoms with Crippen LogP contribution in [0.5, 0.6) is 11.5 Å². The van der Waals surface area contributed by atoms with E-state index in [0.717, 1.165) is 23.5 Å². The van der Waals surface area contributed by atoms with Crippen LogP contribution in [-0.2, 0) is 11.2 Å². The maximum Gasteiger partial charge on any atom is 0.411 e. The van der Waals surface area contributed by atoms with Crippen molar-refractivity contribution in [2.45, 2.75) is 25.9 Å². The molecule has 10 heteroatoms. The van der Waals surface area contributed by atoms with Crippen LogP contribution >= 0.6 is 24.0 Å². The Morgan fingerprint density at radius 1 is 1.22 bits per heavy atom. The van der Waals surface area contributed by atoms with Crippen LogP contribution in [0, 0.1) is 0 Å². The number of nitrogens with zero attached hydrogens (tertiary/aromatic N) is 1. The van der Waals surface area contributed by atoms with Gasteiger partial charge in [-0.2, -0.15) is 13.2 Å². The van der Waals surface area contributed by atoms with Crippen molar-refractivity contribution in [2.24, 2.45) is 4.99 Å². The van der Waals surface area contributed by atoms with Crippen LogP contribution in [0.3, 0.4) is 0 Å². The van der Waals surface area contributed by atoms with Gasteiger partial charge in [0.1, 0.15) is 6.61 Å². The van der Waals surface area contributed by atoms with Crippen molar-refractivity contribution in [1.29, 1.82) is 0 Å². The number of halogens is 4. The quantitative estimate of drug-likeness (QED) is 0.235. The number of hydrogen-bond donors (Lipinski definition) is 2. The van der Waals surface area contributed by atoms with Gasteiger partial charge in [0, 0.05) is 26.2 Å². The maximum atomic E-state index is 12.0. The minimum absolute atomic E-state index is 0. The van der Waals surface area contributed by atoms with E-state index in [1.807, 2.05) is 25.1 Å². The summed E-state index contributed by atoms with van der Waals surface area (Å²) in [6.45, 7) is 2.75. The fraction of sp³-hybridized carbons (Fsp3) is 0.588. The number of rotatable bonds is 9. The summed E-state index contributed by atoms with van der Waals surface area (Å²) in [6.07, 6.45) is -3.08. The molecule has 0 fully saturated rings. The van der Waals surface area contributed by atoms with Crippen molar-refractivity contribution < 1.29 is 27.4 Å². The molecule has 0 saturated carbocycles. The molecule has 2 N–H and O–H groups in total. The average Bonchev–Trinajstić information content (AvgIpc) is 3.04. The highest BCUT2D eigenvalue weighted by Crippen LogP contribution is 2.32. The third-order valence-electron chi connectivity index (χ3n) is 3.47. The van der Waals surface area contributed by atoms with Crippen molar-refractivity contribution in [3.05, 3.63) is 23.8 Å². The predicted octanol–water partition coefficient (Wildman–Crippen LogP) is 3.10. The fourth-order valence-electron chi connectivity index (χ4n) is 2.31. The number of ether oxygens (including phenoxy) is 3. The van der Waals surface area contributed by atoms with Crippen LogP contribution in [0.15, 0.2) is 23.2 Å². The molecule has 0 radical (unpaired) electrons. The van der Waals surface area contributed by atoms with Gasteiger partial charge in [-0.05, 0) is 37.5 Å². The highest BCUT2D eigenvalue weighted by molar-refractivity contribution is 14.0. The average molecular weight is 503 g/mol. The Morgan fingerprint density at radius 2 is 2.00 bits per heavy atom. The van der Waals surface area contributed by atoms with E-state index in [1.165, 1.54) is 0 Å². The van der Waals surface area contributed by atoms with E-state index in [0.29, 0.717) is 32.0 Å². The second-order valence-corrected chi connectivity index (χ2v) is 5.65. The largest absolute Gasteiger partial charge is 0.454 e. The van der Waals surface area contributed by atoms with Crippen molar-refractivity contribution in [3.8, 4) is 11.5 Å². The lowest BCUT2D eigenvalue weighted by Crippen LogP contribution is -2.38. The molecule has 0 unspecified atom stereocenters. The highest BCUT2D eigenvalue weighted by atomic mass is 127. The third-order valence-corrected chi connectivity index (χ3v) is 3.47. The molecular weight excluding hydrogens is 478 g/mol. The van der Waals surface area contributed by atoms with E-state index >= 15 is 0 Å². The molecule has 0 spiro atoms. The van der Waals surface area contributed by atoms with E-state index in [4.69, 9.17) is 9.47 Å². The minimum Gasteiger partial charge on any atom is -0.454 e. The SMILES string of the molecule is CCNC(=NCCCOCC(F)(F)F)NCCc1ccc2c(c1)OCO2.I. The summed E-state index contributed by atoms with van der Waals surface area (Å²) >= 11 is 0. The summed E-state index contributed by atoms with van der Waals surface area (Å²) in [5, 5.41) is 6.30. The summed E-state index contributed by atoms with van der Waals surface area (Å²) in [7, 11) is 0. The first-order valence-electron chi connectivity index (χ1n) is 8.53. The monoisotopic (exact) mass is 503 g/mol. The molecule has 0 aliphatic carbocycles. The third kappa shape index (κ3) is 9.36. The molecule has 0 atom stereocenters. The number of aliphatic imine (C=N–C) groups is 1. The summed E-state index contributed by atoms with van der Waals surface area (Å²) in [5.41, 5.74) is 1.11. The zero-order chi connectivity index (χ0) is 18.8. The van der Waals surface area contributed by atoms with Crippen molar-refractivity contribution >= 4 is 29.9 Å². The van der Waals surface area contributed by atoms with E-state index in [2.05, 4.69) is 20.4 Å². The van der Waals surface area contributed by atoms with Crippen molar-refractivity contribution in [2.75, 3.05) is 39.6 Å². The number of guanidine groups is 1. The van der Waals surface area contributed by atoms with Crippen LogP contribution in [0.25, 0.3) is 0 Å². The Balaban J connectivity index is 0.00000364. The lowest BCUT2D eigenvalue weighted by molar-refractivity contribution is -0.173. The molecule has 154 valence electrons. The minimum atomic E-state index is -4.28. The Kier molecular flexibility index (Phi) is 10.6. The van der Waals surface area contributed by atoms with Gasteiger partial charge in [-0.15, -0.1) is 24.0 Å². The van der Waals surface area contributed by atoms with Gasteiger partial charge in [-0.3, -0.25) is 4.99 Å². The van der Waals surface area contributed by atoms with E-state index < -0.39 is 12.8 Å². The van der Waals surface area contributed by atoms with Gasteiger partial charge in [0.2, 0.25) is 6.79 Å². The normalized spacial score (nSPS) is 13.3. The standard InChI is InChI=1S/C17H24F3N3O3.HI/c1-2-21-16(22-7-3-9-24-11-17(18,19)20)23-8-6-13-4-5-14-15(10-13)26-12-25-14;/h4-5,10H,2-3,6-9,11-12H2,1H3,(H2,21,22,23);1H. The lowest BCUT2D eigenvalue weighted by atomic mass is 10.1. The Morgan fingerprint density at radius 3 is 2.74 bits per heavy atom. The van der Waals surface area contributed by atoms with Crippen LogP contribution in [0.4, 0.5) is 13.2 Å². The highest BCUT2D eigenvalue weighted by Gasteiger charge is 2.27. The van der Waals surface area contributed by atoms with Gasteiger partial charge in [0.15, 0.2) is 17.5 Å². The zero-order valence-electron chi connectivity index (χ0n) is 15.1. The first-order chi connectivity index (χ1) is 12.5. The van der Waals surface area contributed by atoms with E-state index in [9.17, 15) is 13.2 Å². The first-order valence-corrected chi connectivity index (χ1v) is 8.53. The Bertz CT molecular complexity index is 601. The first kappa shape index (κ1) is 23.6. The molecule has 0 bridgehead atoms. The van der Waals surface area contributed by atoms with Gasteiger partial charge in [0.25, 0.3) is 0 Å². The maximum absolute atomic E-state index is 12.0. The predicted molar refractivity (Wildman–Crippen MR) is 107 cm³/mol. The molecule has 0 aromatic heterocycles. The lowest BCUT2D eigenvalue weighted by Gasteiger charge is -2.12. The molecule has 0 amide bonds. The van der Waals surface area contributed by atoms with Gasteiger partial charge in [-0.25, -0.2) is 0 Å². The number of benzene rings is 1. The molecule has 0 saturated heterocycles. The van der Waals surface area contributed by atoms with Crippen LogP contribution in [0.1, 0.15) is 18.9 Å². The summed E-state index contributed by atoms with van der Waals surface area (Å²) in [4.78, 5) is 4.32. The van der Waals surface area contributed by atoms with Crippen molar-refractivity contribution in [3.63, 3.8) is 0 Å². The second-order valence-electron chi connectivity index (χ2n) is 5.65. The Labute approximate surface area is 173 Å².